The van der Waals surface area contributed by atoms with Gasteiger partial charge in [0.2, 0.25) is 0 Å². The molecule has 1 aromatic heterocycles. The highest BCUT2D eigenvalue weighted by molar-refractivity contribution is 5.28. The van der Waals surface area contributed by atoms with Gasteiger partial charge in [0.15, 0.2) is 0 Å². The van der Waals surface area contributed by atoms with Gasteiger partial charge in [-0.05, 0) is 37.2 Å². The van der Waals surface area contributed by atoms with Crippen molar-refractivity contribution in [3.8, 4) is 5.75 Å². The van der Waals surface area contributed by atoms with Crippen LogP contribution in [-0.4, -0.2) is 6.54 Å². The molecule has 0 amide bonds. The Hall–Kier alpha value is -1.81. The van der Waals surface area contributed by atoms with E-state index in [0.29, 0.717) is 24.5 Å². The summed E-state index contributed by atoms with van der Waals surface area (Å²) in [6.45, 7) is 5.66. The van der Waals surface area contributed by atoms with Crippen molar-refractivity contribution >= 4 is 0 Å². The number of aryl methyl sites for hydroxylation is 1. The Bertz CT molecular complexity index is 537. The number of hydrogen-bond acceptors (Lipinski definition) is 3. The van der Waals surface area contributed by atoms with Gasteiger partial charge in [-0.1, -0.05) is 13.0 Å². The highest BCUT2D eigenvalue weighted by Gasteiger charge is 2.04. The Labute approximate surface area is 112 Å². The Morgan fingerprint density at radius 2 is 2.00 bits per heavy atom. The zero-order valence-corrected chi connectivity index (χ0v) is 11.2. The molecule has 1 N–H and O–H groups in total. The molecular weight excluding hydrogens is 245 g/mol. The Morgan fingerprint density at radius 1 is 1.21 bits per heavy atom. The van der Waals surface area contributed by atoms with E-state index in [1.54, 1.807) is 19.1 Å². The second-order valence-corrected chi connectivity index (χ2v) is 4.35. The molecule has 1 aromatic carbocycles. The summed E-state index contributed by atoms with van der Waals surface area (Å²) in [6.07, 6.45) is 0. The van der Waals surface area contributed by atoms with Crippen LogP contribution in [0.1, 0.15) is 24.0 Å². The molecule has 4 heteroatoms. The monoisotopic (exact) mass is 263 g/mol. The van der Waals surface area contributed by atoms with Crippen LogP contribution < -0.4 is 10.1 Å². The molecule has 1 heterocycles. The molecule has 0 aliphatic heterocycles. The van der Waals surface area contributed by atoms with E-state index in [1.165, 1.54) is 6.07 Å². The van der Waals surface area contributed by atoms with Gasteiger partial charge in [-0.15, -0.1) is 0 Å². The van der Waals surface area contributed by atoms with Crippen molar-refractivity contribution in [2.75, 3.05) is 6.54 Å². The Balaban J connectivity index is 1.91. The molecule has 0 bridgehead atoms. The van der Waals surface area contributed by atoms with Gasteiger partial charge in [-0.25, -0.2) is 4.39 Å². The van der Waals surface area contributed by atoms with Crippen molar-refractivity contribution in [1.29, 1.82) is 0 Å². The lowest BCUT2D eigenvalue weighted by Crippen LogP contribution is -2.10. The SMILES string of the molecule is CCNCc1ccc(COc2ccc(C)c(F)c2)o1. The molecule has 102 valence electrons. The van der Waals surface area contributed by atoms with E-state index in [4.69, 9.17) is 9.15 Å². The van der Waals surface area contributed by atoms with Crippen LogP contribution in [0.15, 0.2) is 34.7 Å². The van der Waals surface area contributed by atoms with Gasteiger partial charge in [0.05, 0.1) is 6.54 Å². The van der Waals surface area contributed by atoms with E-state index < -0.39 is 0 Å². The van der Waals surface area contributed by atoms with E-state index in [2.05, 4.69) is 5.32 Å². The number of nitrogens with one attached hydrogen (secondary N) is 1. The molecule has 0 spiro atoms. The largest absolute Gasteiger partial charge is 0.486 e. The highest BCUT2D eigenvalue weighted by atomic mass is 19.1. The molecule has 0 atom stereocenters. The van der Waals surface area contributed by atoms with E-state index >= 15 is 0 Å². The summed E-state index contributed by atoms with van der Waals surface area (Å²) in [7, 11) is 0. The molecule has 2 rings (SSSR count). The fourth-order valence-electron chi connectivity index (χ4n) is 1.66. The fourth-order valence-corrected chi connectivity index (χ4v) is 1.66. The van der Waals surface area contributed by atoms with Crippen LogP contribution in [0.2, 0.25) is 0 Å². The number of benzene rings is 1. The van der Waals surface area contributed by atoms with Crippen LogP contribution in [0.25, 0.3) is 0 Å². The third-order valence-corrected chi connectivity index (χ3v) is 2.79. The summed E-state index contributed by atoms with van der Waals surface area (Å²) in [5, 5.41) is 3.18. The predicted molar refractivity (Wildman–Crippen MR) is 71.6 cm³/mol. The smallest absolute Gasteiger partial charge is 0.146 e. The number of ether oxygens (including phenoxy) is 1. The molecule has 0 aliphatic rings. The average Bonchev–Trinajstić information content (AvgIpc) is 2.86. The maximum atomic E-state index is 13.3. The first-order valence-electron chi connectivity index (χ1n) is 6.36. The molecule has 2 aromatic rings. The minimum Gasteiger partial charge on any atom is -0.486 e. The Morgan fingerprint density at radius 3 is 2.74 bits per heavy atom. The summed E-state index contributed by atoms with van der Waals surface area (Å²) in [4.78, 5) is 0. The van der Waals surface area contributed by atoms with Gasteiger partial charge in [0.1, 0.15) is 29.7 Å². The lowest BCUT2D eigenvalue weighted by atomic mass is 10.2. The van der Waals surface area contributed by atoms with Gasteiger partial charge in [0, 0.05) is 6.07 Å². The van der Waals surface area contributed by atoms with Gasteiger partial charge in [-0.3, -0.25) is 0 Å². The third-order valence-electron chi connectivity index (χ3n) is 2.79. The molecule has 0 saturated carbocycles. The van der Waals surface area contributed by atoms with Gasteiger partial charge in [0.25, 0.3) is 0 Å². The first-order chi connectivity index (χ1) is 9.19. The molecule has 0 aliphatic carbocycles. The van der Waals surface area contributed by atoms with Crippen molar-refractivity contribution in [2.24, 2.45) is 0 Å². The van der Waals surface area contributed by atoms with E-state index in [9.17, 15) is 4.39 Å². The zero-order valence-electron chi connectivity index (χ0n) is 11.2. The van der Waals surface area contributed by atoms with Crippen LogP contribution >= 0.6 is 0 Å². The lowest BCUT2D eigenvalue weighted by Gasteiger charge is -2.05. The van der Waals surface area contributed by atoms with E-state index in [1.807, 2.05) is 19.1 Å². The van der Waals surface area contributed by atoms with Crippen LogP contribution in [0.3, 0.4) is 0 Å². The Kier molecular flexibility index (Phi) is 4.58. The van der Waals surface area contributed by atoms with Crippen LogP contribution in [-0.2, 0) is 13.2 Å². The highest BCUT2D eigenvalue weighted by Crippen LogP contribution is 2.18. The number of hydrogen-bond donors (Lipinski definition) is 1. The first kappa shape index (κ1) is 13.6. The first-order valence-corrected chi connectivity index (χ1v) is 6.36. The normalized spacial score (nSPS) is 10.7. The third kappa shape index (κ3) is 3.83. The average molecular weight is 263 g/mol. The summed E-state index contributed by atoms with van der Waals surface area (Å²) < 4.78 is 24.4. The summed E-state index contributed by atoms with van der Waals surface area (Å²) in [5.74, 6) is 1.85. The van der Waals surface area contributed by atoms with Crippen LogP contribution in [0.5, 0.6) is 5.75 Å². The zero-order chi connectivity index (χ0) is 13.7. The van der Waals surface area contributed by atoms with Crippen molar-refractivity contribution in [1.82, 2.24) is 5.32 Å². The van der Waals surface area contributed by atoms with Crippen molar-refractivity contribution < 1.29 is 13.5 Å². The molecule has 0 unspecified atom stereocenters. The van der Waals surface area contributed by atoms with Crippen molar-refractivity contribution in [3.63, 3.8) is 0 Å². The number of furan rings is 1. The summed E-state index contributed by atoms with van der Waals surface area (Å²) in [6, 6.07) is 8.62. The minimum atomic E-state index is -0.259. The molecule has 0 saturated heterocycles. The number of rotatable bonds is 6. The molecule has 0 fully saturated rings. The van der Waals surface area contributed by atoms with Gasteiger partial charge < -0.3 is 14.5 Å². The van der Waals surface area contributed by atoms with Crippen molar-refractivity contribution in [3.05, 3.63) is 53.2 Å². The minimum absolute atomic E-state index is 0.259. The molecular formula is C15H18FNO2. The standard InChI is InChI=1S/C15H18FNO2/c1-3-17-9-13-6-7-14(19-13)10-18-12-5-4-11(2)15(16)8-12/h4-8,17H,3,9-10H2,1-2H3. The van der Waals surface area contributed by atoms with Gasteiger partial charge >= 0.3 is 0 Å². The van der Waals surface area contributed by atoms with Crippen molar-refractivity contribution in [2.45, 2.75) is 27.0 Å². The maximum Gasteiger partial charge on any atom is 0.146 e. The fraction of sp³-hybridized carbons (Fsp3) is 0.333. The molecule has 19 heavy (non-hydrogen) atoms. The topological polar surface area (TPSA) is 34.4 Å². The summed E-state index contributed by atoms with van der Waals surface area (Å²) in [5.41, 5.74) is 0.610. The maximum absolute atomic E-state index is 13.3. The molecule has 0 radical (unpaired) electrons. The summed E-state index contributed by atoms with van der Waals surface area (Å²) >= 11 is 0. The second kappa shape index (κ2) is 6.38. The number of halogens is 1. The lowest BCUT2D eigenvalue weighted by molar-refractivity contribution is 0.264. The van der Waals surface area contributed by atoms with Crippen LogP contribution in [0.4, 0.5) is 4.39 Å². The van der Waals surface area contributed by atoms with Gasteiger partial charge in [-0.2, -0.15) is 0 Å². The predicted octanol–water partition coefficient (Wildman–Crippen LogP) is 3.42. The second-order valence-electron chi connectivity index (χ2n) is 4.35. The van der Waals surface area contributed by atoms with E-state index in [0.717, 1.165) is 18.1 Å². The molecule has 3 nitrogen and oxygen atoms in total. The van der Waals surface area contributed by atoms with Crippen LogP contribution in [0, 0.1) is 12.7 Å². The quantitative estimate of drug-likeness (QED) is 0.867. The van der Waals surface area contributed by atoms with E-state index in [-0.39, 0.29) is 5.82 Å².